The zero-order valence-corrected chi connectivity index (χ0v) is 10.5. The van der Waals surface area contributed by atoms with E-state index in [1.54, 1.807) is 12.1 Å². The topological polar surface area (TPSA) is 79.7 Å². The molecule has 1 N–H and O–H groups in total. The fourth-order valence-electron chi connectivity index (χ4n) is 1.53. The molecule has 1 unspecified atom stereocenters. The molecule has 0 aliphatic carbocycles. The van der Waals surface area contributed by atoms with Crippen molar-refractivity contribution in [1.82, 2.24) is 4.98 Å². The van der Waals surface area contributed by atoms with Gasteiger partial charge in [-0.1, -0.05) is 0 Å². The monoisotopic (exact) mass is 300 g/mol. The fourth-order valence-corrected chi connectivity index (χ4v) is 1.83. The Morgan fingerprint density at radius 3 is 3.00 bits per heavy atom. The summed E-state index contributed by atoms with van der Waals surface area (Å²) in [5, 5.41) is 8.97. The number of carbonyl (C=O) groups excluding carboxylic acids is 1. The summed E-state index contributed by atoms with van der Waals surface area (Å²) in [4.78, 5) is 27.9. The van der Waals surface area contributed by atoms with E-state index >= 15 is 0 Å². The molecule has 0 radical (unpaired) electrons. The van der Waals surface area contributed by atoms with Crippen molar-refractivity contribution in [3.63, 3.8) is 0 Å². The molecule has 1 aliphatic rings. The number of fused-ring (bicyclic) bond motifs is 1. The molecule has 2 heterocycles. The van der Waals surface area contributed by atoms with E-state index in [4.69, 9.17) is 9.84 Å². The molecule has 0 fully saturated rings. The van der Waals surface area contributed by atoms with Crippen molar-refractivity contribution in [1.29, 1.82) is 0 Å². The maximum absolute atomic E-state index is 11.7. The number of amides is 1. The number of aromatic nitrogens is 1. The lowest BCUT2D eigenvalue weighted by Gasteiger charge is -2.30. The zero-order valence-electron chi connectivity index (χ0n) is 8.88. The first kappa shape index (κ1) is 11.8. The van der Waals surface area contributed by atoms with E-state index in [9.17, 15) is 9.59 Å². The maximum Gasteiger partial charge on any atom is 0.326 e. The minimum absolute atomic E-state index is 0.173. The first-order valence-corrected chi connectivity index (χ1v) is 5.64. The van der Waals surface area contributed by atoms with Crippen LogP contribution in [0, 0.1) is 0 Å². The number of anilines is 1. The Labute approximate surface area is 105 Å². The van der Waals surface area contributed by atoms with Crippen LogP contribution in [0.5, 0.6) is 5.75 Å². The summed E-state index contributed by atoms with van der Waals surface area (Å²) in [6.07, 6.45) is 0. The molecule has 2 rings (SSSR count). The highest BCUT2D eigenvalue weighted by Gasteiger charge is 2.34. The first-order chi connectivity index (χ1) is 8.00. The van der Waals surface area contributed by atoms with Crippen molar-refractivity contribution < 1.29 is 19.4 Å². The molecule has 90 valence electrons. The van der Waals surface area contributed by atoms with Crippen LogP contribution in [0.15, 0.2) is 16.7 Å². The second-order valence-corrected chi connectivity index (χ2v) is 4.33. The minimum Gasteiger partial charge on any atom is -0.480 e. The third-order valence-electron chi connectivity index (χ3n) is 2.40. The van der Waals surface area contributed by atoms with Gasteiger partial charge in [0.15, 0.2) is 18.2 Å². The minimum atomic E-state index is -1.09. The number of rotatable bonds is 2. The molecular formula is C10H9BrN2O4. The summed E-state index contributed by atoms with van der Waals surface area (Å²) < 4.78 is 5.69. The van der Waals surface area contributed by atoms with E-state index in [1.165, 1.54) is 6.92 Å². The van der Waals surface area contributed by atoms with Gasteiger partial charge in [-0.3, -0.25) is 9.69 Å². The van der Waals surface area contributed by atoms with Gasteiger partial charge in [0.1, 0.15) is 10.6 Å². The number of carboxylic acids is 1. The lowest BCUT2D eigenvalue weighted by atomic mass is 10.2. The van der Waals surface area contributed by atoms with Gasteiger partial charge in [-0.2, -0.15) is 0 Å². The molecule has 0 saturated heterocycles. The number of pyridine rings is 1. The molecule has 0 aromatic carbocycles. The Balaban J connectivity index is 2.49. The normalized spacial score (nSPS) is 16.1. The molecule has 1 amide bonds. The average Bonchev–Trinajstić information content (AvgIpc) is 2.27. The Morgan fingerprint density at radius 1 is 1.65 bits per heavy atom. The summed E-state index contributed by atoms with van der Waals surface area (Å²) in [7, 11) is 0. The van der Waals surface area contributed by atoms with Crippen LogP contribution >= 0.6 is 15.9 Å². The maximum atomic E-state index is 11.7. The van der Waals surface area contributed by atoms with E-state index in [-0.39, 0.29) is 12.4 Å². The van der Waals surface area contributed by atoms with Gasteiger partial charge in [0.2, 0.25) is 0 Å². The van der Waals surface area contributed by atoms with E-state index < -0.39 is 17.9 Å². The SMILES string of the molecule is CC(C(=O)O)N1C(=O)COc2ccc(Br)nc21. The van der Waals surface area contributed by atoms with Gasteiger partial charge in [-0.25, -0.2) is 9.78 Å². The molecule has 1 atom stereocenters. The third-order valence-corrected chi connectivity index (χ3v) is 2.84. The fraction of sp³-hybridized carbons (Fsp3) is 0.300. The highest BCUT2D eigenvalue weighted by molar-refractivity contribution is 9.10. The lowest BCUT2D eigenvalue weighted by molar-refractivity contribution is -0.140. The number of halogens is 1. The highest BCUT2D eigenvalue weighted by Crippen LogP contribution is 2.32. The van der Waals surface area contributed by atoms with Crippen LogP contribution < -0.4 is 9.64 Å². The van der Waals surface area contributed by atoms with Crippen LogP contribution in [0.4, 0.5) is 5.82 Å². The molecule has 0 spiro atoms. The van der Waals surface area contributed by atoms with E-state index in [1.807, 2.05) is 0 Å². The van der Waals surface area contributed by atoms with E-state index in [0.717, 1.165) is 4.90 Å². The third kappa shape index (κ3) is 2.10. The number of ether oxygens (including phenoxy) is 1. The molecule has 0 bridgehead atoms. The molecule has 17 heavy (non-hydrogen) atoms. The summed E-state index contributed by atoms with van der Waals surface area (Å²) in [5.74, 6) is -0.877. The number of hydrogen-bond donors (Lipinski definition) is 1. The van der Waals surface area contributed by atoms with Gasteiger partial charge in [0, 0.05) is 0 Å². The predicted octanol–water partition coefficient (Wildman–Crippen LogP) is 1.04. The number of nitrogens with zero attached hydrogens (tertiary/aromatic N) is 2. The zero-order chi connectivity index (χ0) is 12.6. The second kappa shape index (κ2) is 4.33. The molecular weight excluding hydrogens is 292 g/mol. The summed E-state index contributed by atoms with van der Waals surface area (Å²) in [6, 6.07) is 2.32. The van der Waals surface area contributed by atoms with Gasteiger partial charge in [-0.05, 0) is 35.0 Å². The van der Waals surface area contributed by atoms with Crippen molar-refractivity contribution in [2.75, 3.05) is 11.5 Å². The quantitative estimate of drug-likeness (QED) is 0.826. The molecule has 7 heteroatoms. The summed E-state index contributed by atoms with van der Waals surface area (Å²) >= 11 is 3.17. The molecule has 1 aromatic rings. The average molecular weight is 301 g/mol. The first-order valence-electron chi connectivity index (χ1n) is 4.85. The van der Waals surface area contributed by atoms with Crippen molar-refractivity contribution in [2.24, 2.45) is 0 Å². The number of carboxylic acid groups (broad SMARTS) is 1. The van der Waals surface area contributed by atoms with Gasteiger partial charge in [-0.15, -0.1) is 0 Å². The molecule has 1 aromatic heterocycles. The van der Waals surface area contributed by atoms with Crippen molar-refractivity contribution in [3.05, 3.63) is 16.7 Å². The van der Waals surface area contributed by atoms with Crippen molar-refractivity contribution in [2.45, 2.75) is 13.0 Å². The van der Waals surface area contributed by atoms with E-state index in [2.05, 4.69) is 20.9 Å². The standard InChI is InChI=1S/C10H9BrN2O4/c1-5(10(15)16)13-8(14)4-17-6-2-3-7(11)12-9(6)13/h2-3,5H,4H2,1H3,(H,15,16). The Bertz CT molecular complexity index is 491. The largest absolute Gasteiger partial charge is 0.480 e. The summed E-state index contributed by atoms with van der Waals surface area (Å²) in [6.45, 7) is 1.26. The van der Waals surface area contributed by atoms with Crippen molar-refractivity contribution in [3.8, 4) is 5.75 Å². The summed E-state index contributed by atoms with van der Waals surface area (Å²) in [5.41, 5.74) is 0. The molecule has 0 saturated carbocycles. The second-order valence-electron chi connectivity index (χ2n) is 3.52. The van der Waals surface area contributed by atoms with Crippen LogP contribution in [0.1, 0.15) is 6.92 Å². The van der Waals surface area contributed by atoms with Crippen LogP contribution in [0.25, 0.3) is 0 Å². The lowest BCUT2D eigenvalue weighted by Crippen LogP contribution is -2.48. The van der Waals surface area contributed by atoms with Crippen LogP contribution in [-0.2, 0) is 9.59 Å². The van der Waals surface area contributed by atoms with Crippen molar-refractivity contribution >= 4 is 33.6 Å². The van der Waals surface area contributed by atoms with Crippen LogP contribution in [0.2, 0.25) is 0 Å². The van der Waals surface area contributed by atoms with Crippen LogP contribution in [0.3, 0.4) is 0 Å². The predicted molar refractivity (Wildman–Crippen MR) is 62.0 cm³/mol. The van der Waals surface area contributed by atoms with Gasteiger partial charge in [0.05, 0.1) is 0 Å². The Morgan fingerprint density at radius 2 is 2.35 bits per heavy atom. The van der Waals surface area contributed by atoms with Gasteiger partial charge in [0.25, 0.3) is 5.91 Å². The number of aliphatic carboxylic acids is 1. The number of carbonyl (C=O) groups is 2. The van der Waals surface area contributed by atoms with Gasteiger partial charge >= 0.3 is 5.97 Å². The van der Waals surface area contributed by atoms with Gasteiger partial charge < -0.3 is 9.84 Å². The van der Waals surface area contributed by atoms with E-state index in [0.29, 0.717) is 10.4 Å². The highest BCUT2D eigenvalue weighted by atomic mass is 79.9. The number of hydrogen-bond acceptors (Lipinski definition) is 4. The Kier molecular flexibility index (Phi) is 3.01. The molecule has 6 nitrogen and oxygen atoms in total. The Hall–Kier alpha value is -1.63. The smallest absolute Gasteiger partial charge is 0.326 e. The molecule has 1 aliphatic heterocycles. The van der Waals surface area contributed by atoms with Crippen LogP contribution in [-0.4, -0.2) is 34.6 Å².